The highest BCUT2D eigenvalue weighted by Gasteiger charge is 2.14. The van der Waals surface area contributed by atoms with Gasteiger partial charge in [0, 0.05) is 11.3 Å². The van der Waals surface area contributed by atoms with Gasteiger partial charge in [-0.2, -0.15) is 0 Å². The standard InChI is InChI=1S/C22H20N2O2/c1-15-12-16(2)14-18(13-15)23-22(26)19-10-6-7-11-20(19)24-21(25)17-8-4-3-5-9-17/h3-14H,1-2H3,(H,23,26)(H,24,25). The fraction of sp³-hybridized carbons (Fsp3) is 0.0909. The van der Waals surface area contributed by atoms with E-state index >= 15 is 0 Å². The molecule has 3 aromatic rings. The molecule has 0 unspecified atom stereocenters. The molecule has 0 radical (unpaired) electrons. The van der Waals surface area contributed by atoms with E-state index in [1.54, 1.807) is 48.5 Å². The number of carbonyl (C=O) groups is 2. The molecule has 0 aromatic heterocycles. The number of para-hydroxylation sites is 1. The van der Waals surface area contributed by atoms with E-state index in [4.69, 9.17) is 0 Å². The first-order valence-corrected chi connectivity index (χ1v) is 8.38. The number of amides is 2. The molecule has 0 aliphatic rings. The van der Waals surface area contributed by atoms with E-state index < -0.39 is 0 Å². The van der Waals surface area contributed by atoms with Crippen LogP contribution in [0, 0.1) is 13.8 Å². The van der Waals surface area contributed by atoms with Gasteiger partial charge in [0.15, 0.2) is 0 Å². The summed E-state index contributed by atoms with van der Waals surface area (Å²) < 4.78 is 0. The highest BCUT2D eigenvalue weighted by atomic mass is 16.2. The third-order valence-corrected chi connectivity index (χ3v) is 3.94. The van der Waals surface area contributed by atoms with Crippen molar-refractivity contribution in [3.63, 3.8) is 0 Å². The highest BCUT2D eigenvalue weighted by molar-refractivity contribution is 6.12. The lowest BCUT2D eigenvalue weighted by Gasteiger charge is -2.12. The van der Waals surface area contributed by atoms with Gasteiger partial charge in [-0.25, -0.2) is 0 Å². The Labute approximate surface area is 152 Å². The third-order valence-electron chi connectivity index (χ3n) is 3.94. The zero-order chi connectivity index (χ0) is 18.5. The first-order valence-electron chi connectivity index (χ1n) is 8.38. The van der Waals surface area contributed by atoms with Crippen LogP contribution >= 0.6 is 0 Å². The number of benzene rings is 3. The summed E-state index contributed by atoms with van der Waals surface area (Å²) in [5, 5.41) is 5.72. The van der Waals surface area contributed by atoms with Crippen molar-refractivity contribution < 1.29 is 9.59 Å². The van der Waals surface area contributed by atoms with Gasteiger partial charge in [0.05, 0.1) is 11.3 Å². The highest BCUT2D eigenvalue weighted by Crippen LogP contribution is 2.20. The minimum Gasteiger partial charge on any atom is -0.322 e. The van der Waals surface area contributed by atoms with E-state index in [1.807, 2.05) is 38.1 Å². The first kappa shape index (κ1) is 17.4. The summed E-state index contributed by atoms with van der Waals surface area (Å²) in [6.45, 7) is 3.97. The molecule has 0 aliphatic heterocycles. The molecule has 0 saturated heterocycles. The van der Waals surface area contributed by atoms with Gasteiger partial charge in [-0.3, -0.25) is 9.59 Å². The SMILES string of the molecule is Cc1cc(C)cc(NC(=O)c2ccccc2NC(=O)c2ccccc2)c1. The van der Waals surface area contributed by atoms with Gasteiger partial charge in [-0.1, -0.05) is 36.4 Å². The lowest BCUT2D eigenvalue weighted by atomic mass is 10.1. The average Bonchev–Trinajstić information content (AvgIpc) is 2.62. The topological polar surface area (TPSA) is 58.2 Å². The largest absolute Gasteiger partial charge is 0.322 e. The number of hydrogen-bond donors (Lipinski definition) is 2. The number of anilines is 2. The molecule has 4 heteroatoms. The Hall–Kier alpha value is -3.40. The number of aryl methyl sites for hydroxylation is 2. The summed E-state index contributed by atoms with van der Waals surface area (Å²) in [4.78, 5) is 25.1. The summed E-state index contributed by atoms with van der Waals surface area (Å²) in [6, 6.07) is 21.7. The van der Waals surface area contributed by atoms with Crippen LogP contribution in [0.4, 0.5) is 11.4 Å². The van der Waals surface area contributed by atoms with E-state index in [0.717, 1.165) is 16.8 Å². The Kier molecular flexibility index (Phi) is 5.13. The maximum absolute atomic E-state index is 12.7. The lowest BCUT2D eigenvalue weighted by molar-refractivity contribution is 0.102. The van der Waals surface area contributed by atoms with Gasteiger partial charge in [-0.05, 0) is 61.4 Å². The van der Waals surface area contributed by atoms with Crippen LogP contribution in [-0.4, -0.2) is 11.8 Å². The third kappa shape index (κ3) is 4.16. The zero-order valence-corrected chi connectivity index (χ0v) is 14.7. The molecule has 0 atom stereocenters. The van der Waals surface area contributed by atoms with Crippen LogP contribution < -0.4 is 10.6 Å². The molecule has 26 heavy (non-hydrogen) atoms. The predicted octanol–water partition coefficient (Wildman–Crippen LogP) is 4.81. The van der Waals surface area contributed by atoms with Gasteiger partial charge < -0.3 is 10.6 Å². The molecule has 4 nitrogen and oxygen atoms in total. The summed E-state index contributed by atoms with van der Waals surface area (Å²) >= 11 is 0. The second kappa shape index (κ2) is 7.66. The zero-order valence-electron chi connectivity index (χ0n) is 14.7. The molecular formula is C22H20N2O2. The lowest BCUT2D eigenvalue weighted by Crippen LogP contribution is -2.18. The Bertz CT molecular complexity index is 929. The Balaban J connectivity index is 1.82. The van der Waals surface area contributed by atoms with Crippen molar-refractivity contribution in [3.8, 4) is 0 Å². The normalized spacial score (nSPS) is 10.2. The van der Waals surface area contributed by atoms with Gasteiger partial charge >= 0.3 is 0 Å². The summed E-state index contributed by atoms with van der Waals surface area (Å²) in [7, 11) is 0. The van der Waals surface area contributed by atoms with Gasteiger partial charge in [0.2, 0.25) is 0 Å². The summed E-state index contributed by atoms with van der Waals surface area (Å²) in [6.07, 6.45) is 0. The number of rotatable bonds is 4. The Morgan fingerprint density at radius 3 is 2.00 bits per heavy atom. The molecule has 3 aromatic carbocycles. The second-order valence-corrected chi connectivity index (χ2v) is 6.20. The van der Waals surface area contributed by atoms with Crippen molar-refractivity contribution in [3.05, 3.63) is 95.1 Å². The van der Waals surface area contributed by atoms with Crippen LogP contribution in [0.5, 0.6) is 0 Å². The molecular weight excluding hydrogens is 324 g/mol. The monoisotopic (exact) mass is 344 g/mol. The Morgan fingerprint density at radius 2 is 1.31 bits per heavy atom. The first-order chi connectivity index (χ1) is 12.5. The van der Waals surface area contributed by atoms with E-state index in [-0.39, 0.29) is 11.8 Å². The van der Waals surface area contributed by atoms with Gasteiger partial charge in [0.25, 0.3) is 11.8 Å². The number of hydrogen-bond acceptors (Lipinski definition) is 2. The molecule has 130 valence electrons. The fourth-order valence-electron chi connectivity index (χ4n) is 2.82. The van der Waals surface area contributed by atoms with Crippen molar-refractivity contribution >= 4 is 23.2 Å². The van der Waals surface area contributed by atoms with Crippen LogP contribution in [0.2, 0.25) is 0 Å². The van der Waals surface area contributed by atoms with Crippen LogP contribution in [0.25, 0.3) is 0 Å². The predicted molar refractivity (Wildman–Crippen MR) is 105 cm³/mol. The van der Waals surface area contributed by atoms with Crippen LogP contribution in [0.3, 0.4) is 0 Å². The quantitative estimate of drug-likeness (QED) is 0.714. The van der Waals surface area contributed by atoms with Crippen LogP contribution in [0.1, 0.15) is 31.8 Å². The van der Waals surface area contributed by atoms with Crippen LogP contribution in [-0.2, 0) is 0 Å². The summed E-state index contributed by atoms with van der Waals surface area (Å²) in [5.41, 5.74) is 4.31. The van der Waals surface area contributed by atoms with E-state index in [0.29, 0.717) is 16.8 Å². The van der Waals surface area contributed by atoms with Crippen molar-refractivity contribution in [1.29, 1.82) is 0 Å². The molecule has 3 rings (SSSR count). The summed E-state index contributed by atoms with van der Waals surface area (Å²) in [5.74, 6) is -0.517. The maximum atomic E-state index is 12.7. The molecule has 0 spiro atoms. The van der Waals surface area contributed by atoms with Crippen molar-refractivity contribution in [2.24, 2.45) is 0 Å². The molecule has 2 N–H and O–H groups in total. The molecule has 0 aliphatic carbocycles. The van der Waals surface area contributed by atoms with E-state index in [9.17, 15) is 9.59 Å². The van der Waals surface area contributed by atoms with Gasteiger partial charge in [-0.15, -0.1) is 0 Å². The molecule has 0 bridgehead atoms. The molecule has 0 fully saturated rings. The van der Waals surface area contributed by atoms with Gasteiger partial charge in [0.1, 0.15) is 0 Å². The minimum absolute atomic E-state index is 0.253. The number of carbonyl (C=O) groups excluding carboxylic acids is 2. The van der Waals surface area contributed by atoms with Crippen molar-refractivity contribution in [2.75, 3.05) is 10.6 Å². The number of nitrogens with one attached hydrogen (secondary N) is 2. The second-order valence-electron chi connectivity index (χ2n) is 6.20. The average molecular weight is 344 g/mol. The molecule has 0 saturated carbocycles. The fourth-order valence-corrected chi connectivity index (χ4v) is 2.82. The van der Waals surface area contributed by atoms with E-state index in [1.165, 1.54) is 0 Å². The van der Waals surface area contributed by atoms with E-state index in [2.05, 4.69) is 10.6 Å². The molecule has 2 amide bonds. The van der Waals surface area contributed by atoms with Crippen molar-refractivity contribution in [1.82, 2.24) is 0 Å². The van der Waals surface area contributed by atoms with Crippen molar-refractivity contribution in [2.45, 2.75) is 13.8 Å². The molecule has 0 heterocycles. The van der Waals surface area contributed by atoms with Crippen LogP contribution in [0.15, 0.2) is 72.8 Å². The Morgan fingerprint density at radius 1 is 0.692 bits per heavy atom. The smallest absolute Gasteiger partial charge is 0.257 e. The maximum Gasteiger partial charge on any atom is 0.257 e. The minimum atomic E-state index is -0.265.